The summed E-state index contributed by atoms with van der Waals surface area (Å²) in [6.45, 7) is 2.74. The number of methoxy groups -OCH3 is 2. The van der Waals surface area contributed by atoms with Gasteiger partial charge in [-0.15, -0.1) is 10.2 Å². The van der Waals surface area contributed by atoms with E-state index in [2.05, 4.69) is 20.4 Å². The smallest absolute Gasteiger partial charge is 0.229 e. The van der Waals surface area contributed by atoms with E-state index < -0.39 is 0 Å². The van der Waals surface area contributed by atoms with Crippen molar-refractivity contribution in [3.05, 3.63) is 35.9 Å². The molecule has 148 valence electrons. The van der Waals surface area contributed by atoms with Crippen LogP contribution in [0.2, 0.25) is 0 Å². The fourth-order valence-corrected chi connectivity index (χ4v) is 2.98. The molecule has 3 rings (SSSR count). The van der Waals surface area contributed by atoms with Crippen molar-refractivity contribution in [2.24, 2.45) is 0 Å². The molecule has 2 heterocycles. The lowest BCUT2D eigenvalue weighted by Crippen LogP contribution is -2.46. The molecule has 0 unspecified atom stereocenters. The molecular weight excluding hydrogens is 362 g/mol. The van der Waals surface area contributed by atoms with Gasteiger partial charge in [0.2, 0.25) is 12.3 Å². The number of piperazine rings is 1. The molecule has 0 atom stereocenters. The van der Waals surface area contributed by atoms with Crippen LogP contribution in [0.5, 0.6) is 11.5 Å². The molecule has 0 aliphatic carbocycles. The van der Waals surface area contributed by atoms with Gasteiger partial charge in [-0.2, -0.15) is 0 Å². The molecule has 1 aliphatic heterocycles. The first-order chi connectivity index (χ1) is 13.6. The van der Waals surface area contributed by atoms with E-state index in [-0.39, 0.29) is 12.3 Å². The van der Waals surface area contributed by atoms with Gasteiger partial charge in [0.25, 0.3) is 0 Å². The van der Waals surface area contributed by atoms with Gasteiger partial charge in [-0.1, -0.05) is 6.07 Å². The molecule has 28 heavy (non-hydrogen) atoms. The Kier molecular flexibility index (Phi) is 6.25. The van der Waals surface area contributed by atoms with Gasteiger partial charge in [-0.05, 0) is 29.8 Å². The van der Waals surface area contributed by atoms with E-state index in [0.717, 1.165) is 17.8 Å². The zero-order chi connectivity index (χ0) is 19.9. The normalized spacial score (nSPS) is 13.8. The van der Waals surface area contributed by atoms with Crippen molar-refractivity contribution in [2.45, 2.75) is 6.42 Å². The number of hydrogen-bond acceptors (Lipinski definition) is 7. The summed E-state index contributed by atoms with van der Waals surface area (Å²) in [5.74, 6) is 2.10. The fourth-order valence-electron chi connectivity index (χ4n) is 2.98. The monoisotopic (exact) mass is 385 g/mol. The van der Waals surface area contributed by atoms with E-state index in [1.54, 1.807) is 37.3 Å². The van der Waals surface area contributed by atoms with E-state index >= 15 is 0 Å². The summed E-state index contributed by atoms with van der Waals surface area (Å²) in [7, 11) is 3.12. The minimum Gasteiger partial charge on any atom is -0.493 e. The number of carbonyl (C=O) groups excluding carboxylic acids is 2. The average Bonchev–Trinajstić information content (AvgIpc) is 2.74. The number of hydrogen-bond donors (Lipinski definition) is 1. The molecular formula is C19H23N5O4. The highest BCUT2D eigenvalue weighted by Crippen LogP contribution is 2.27. The van der Waals surface area contributed by atoms with Gasteiger partial charge in [0, 0.05) is 26.2 Å². The minimum absolute atomic E-state index is 0.178. The van der Waals surface area contributed by atoms with E-state index in [4.69, 9.17) is 9.47 Å². The van der Waals surface area contributed by atoms with E-state index in [9.17, 15) is 9.59 Å². The number of anilines is 2. The lowest BCUT2D eigenvalue weighted by molar-refractivity contribution is -0.118. The Bertz CT molecular complexity index is 820. The largest absolute Gasteiger partial charge is 0.493 e. The molecule has 9 nitrogen and oxygen atoms in total. The third kappa shape index (κ3) is 4.67. The maximum absolute atomic E-state index is 12.3. The zero-order valence-corrected chi connectivity index (χ0v) is 15.9. The first-order valence-corrected chi connectivity index (χ1v) is 8.91. The second kappa shape index (κ2) is 9.03. The fraction of sp³-hybridized carbons (Fsp3) is 0.368. The molecule has 1 aromatic heterocycles. The van der Waals surface area contributed by atoms with Gasteiger partial charge in [0.15, 0.2) is 23.1 Å². The lowest BCUT2D eigenvalue weighted by Gasteiger charge is -2.32. The molecule has 0 spiro atoms. The Hall–Kier alpha value is -3.36. The molecule has 0 saturated carbocycles. The molecule has 2 amide bonds. The maximum Gasteiger partial charge on any atom is 0.229 e. The topological polar surface area (TPSA) is 96.9 Å². The zero-order valence-electron chi connectivity index (χ0n) is 15.9. The van der Waals surface area contributed by atoms with Gasteiger partial charge in [0.05, 0.1) is 20.6 Å². The predicted molar refractivity (Wildman–Crippen MR) is 104 cm³/mol. The van der Waals surface area contributed by atoms with Crippen molar-refractivity contribution in [3.8, 4) is 11.5 Å². The summed E-state index contributed by atoms with van der Waals surface area (Å²) in [5.41, 5.74) is 0.799. The molecule has 2 aromatic rings. The summed E-state index contributed by atoms with van der Waals surface area (Å²) in [5, 5.41) is 11.0. The van der Waals surface area contributed by atoms with Crippen molar-refractivity contribution in [2.75, 3.05) is 50.6 Å². The predicted octanol–water partition coefficient (Wildman–Crippen LogP) is 0.953. The number of amides is 2. The summed E-state index contributed by atoms with van der Waals surface area (Å²) in [6, 6.07) is 8.89. The molecule has 1 saturated heterocycles. The van der Waals surface area contributed by atoms with Gasteiger partial charge < -0.3 is 24.6 Å². The van der Waals surface area contributed by atoms with Crippen LogP contribution < -0.4 is 19.7 Å². The summed E-state index contributed by atoms with van der Waals surface area (Å²) < 4.78 is 10.5. The number of nitrogens with one attached hydrogen (secondary N) is 1. The minimum atomic E-state index is -0.200. The standard InChI is InChI=1S/C19H23N5O4/c1-27-15-4-3-14(11-16(15)28-2)12-19(26)20-17-5-6-18(22-21-17)24-9-7-23(13-25)8-10-24/h3-6,11,13H,7-10,12H2,1-2H3,(H,20,21,26). The Labute approximate surface area is 163 Å². The van der Waals surface area contributed by atoms with E-state index in [0.29, 0.717) is 43.5 Å². The van der Waals surface area contributed by atoms with Crippen molar-refractivity contribution < 1.29 is 19.1 Å². The first kappa shape index (κ1) is 19.4. The quantitative estimate of drug-likeness (QED) is 0.709. The highest BCUT2D eigenvalue weighted by Gasteiger charge is 2.17. The molecule has 0 radical (unpaired) electrons. The van der Waals surface area contributed by atoms with Gasteiger partial charge in [-0.3, -0.25) is 9.59 Å². The van der Waals surface area contributed by atoms with Gasteiger partial charge in [0.1, 0.15) is 0 Å². The van der Waals surface area contributed by atoms with Gasteiger partial charge in [-0.25, -0.2) is 0 Å². The number of carbonyl (C=O) groups is 2. The summed E-state index contributed by atoms with van der Waals surface area (Å²) >= 11 is 0. The Morgan fingerprint density at radius 2 is 1.82 bits per heavy atom. The van der Waals surface area contributed by atoms with Crippen LogP contribution >= 0.6 is 0 Å². The second-order valence-corrected chi connectivity index (χ2v) is 6.32. The molecule has 0 bridgehead atoms. The number of ether oxygens (including phenoxy) is 2. The second-order valence-electron chi connectivity index (χ2n) is 6.32. The number of aromatic nitrogens is 2. The van der Waals surface area contributed by atoms with E-state index in [1.807, 2.05) is 12.1 Å². The highest BCUT2D eigenvalue weighted by atomic mass is 16.5. The van der Waals surface area contributed by atoms with Crippen molar-refractivity contribution in [1.29, 1.82) is 0 Å². The highest BCUT2D eigenvalue weighted by molar-refractivity contribution is 5.91. The van der Waals surface area contributed by atoms with Crippen molar-refractivity contribution in [3.63, 3.8) is 0 Å². The Balaban J connectivity index is 1.57. The lowest BCUT2D eigenvalue weighted by atomic mass is 10.1. The molecule has 9 heteroatoms. The van der Waals surface area contributed by atoms with Crippen LogP contribution in [0.15, 0.2) is 30.3 Å². The third-order valence-electron chi connectivity index (χ3n) is 4.52. The molecule has 1 aliphatic rings. The van der Waals surface area contributed by atoms with Crippen LogP contribution in [0, 0.1) is 0 Å². The van der Waals surface area contributed by atoms with Crippen LogP contribution in [0.4, 0.5) is 11.6 Å². The van der Waals surface area contributed by atoms with Crippen LogP contribution in [0.25, 0.3) is 0 Å². The number of nitrogens with zero attached hydrogens (tertiary/aromatic N) is 4. The van der Waals surface area contributed by atoms with Crippen LogP contribution in [-0.2, 0) is 16.0 Å². The van der Waals surface area contributed by atoms with Crippen molar-refractivity contribution in [1.82, 2.24) is 15.1 Å². The molecule has 1 aromatic carbocycles. The Morgan fingerprint density at radius 1 is 1.07 bits per heavy atom. The average molecular weight is 385 g/mol. The Morgan fingerprint density at radius 3 is 2.43 bits per heavy atom. The molecule has 1 fully saturated rings. The van der Waals surface area contributed by atoms with Gasteiger partial charge >= 0.3 is 0 Å². The maximum atomic E-state index is 12.3. The third-order valence-corrected chi connectivity index (χ3v) is 4.52. The number of benzene rings is 1. The van der Waals surface area contributed by atoms with Crippen LogP contribution in [-0.4, -0.2) is 67.8 Å². The van der Waals surface area contributed by atoms with Crippen LogP contribution in [0.3, 0.4) is 0 Å². The van der Waals surface area contributed by atoms with Crippen LogP contribution in [0.1, 0.15) is 5.56 Å². The van der Waals surface area contributed by atoms with Crippen molar-refractivity contribution >= 4 is 24.0 Å². The summed E-state index contributed by atoms with van der Waals surface area (Å²) in [4.78, 5) is 26.9. The first-order valence-electron chi connectivity index (χ1n) is 8.91. The van der Waals surface area contributed by atoms with E-state index in [1.165, 1.54) is 0 Å². The SMILES string of the molecule is COc1ccc(CC(=O)Nc2ccc(N3CCN(C=O)CC3)nn2)cc1OC. The number of rotatable bonds is 7. The summed E-state index contributed by atoms with van der Waals surface area (Å²) in [6.07, 6.45) is 1.04. The molecule has 1 N–H and O–H groups in total.